The zero-order valence-electron chi connectivity index (χ0n) is 12.2. The highest BCUT2D eigenvalue weighted by molar-refractivity contribution is 5.76. The van der Waals surface area contributed by atoms with Gasteiger partial charge in [-0.1, -0.05) is 6.92 Å². The summed E-state index contributed by atoms with van der Waals surface area (Å²) >= 11 is 0. The first-order chi connectivity index (χ1) is 9.76. The number of rotatable bonds is 10. The highest BCUT2D eigenvalue weighted by Gasteiger charge is 2.01. The van der Waals surface area contributed by atoms with E-state index < -0.39 is 0 Å². The molecule has 1 rings (SSSR count). The van der Waals surface area contributed by atoms with E-state index in [4.69, 9.17) is 4.74 Å². The summed E-state index contributed by atoms with van der Waals surface area (Å²) in [5, 5.41) is 9.22. The van der Waals surface area contributed by atoms with Gasteiger partial charge in [0, 0.05) is 51.1 Å². The summed E-state index contributed by atoms with van der Waals surface area (Å²) in [4.78, 5) is 15.7. The molecule has 0 atom stereocenters. The van der Waals surface area contributed by atoms with Crippen molar-refractivity contribution in [1.82, 2.24) is 10.3 Å². The summed E-state index contributed by atoms with van der Waals surface area (Å²) in [5.74, 6) is 0.870. The molecule has 1 heterocycles. The first-order valence-electron chi connectivity index (χ1n) is 6.95. The van der Waals surface area contributed by atoms with Gasteiger partial charge in [-0.15, -0.1) is 0 Å². The molecule has 6 heteroatoms. The molecule has 6 nitrogen and oxygen atoms in total. The summed E-state index contributed by atoms with van der Waals surface area (Å²) in [6.07, 6.45) is 3.24. The van der Waals surface area contributed by atoms with Crippen LogP contribution in [0.4, 0.5) is 11.5 Å². The van der Waals surface area contributed by atoms with Gasteiger partial charge in [0.25, 0.3) is 0 Å². The molecule has 1 amide bonds. The maximum atomic E-state index is 11.5. The number of nitrogens with zero attached hydrogens (tertiary/aromatic N) is 1. The van der Waals surface area contributed by atoms with Crippen LogP contribution in [0.3, 0.4) is 0 Å². The molecule has 0 spiro atoms. The molecule has 0 fully saturated rings. The van der Waals surface area contributed by atoms with E-state index in [2.05, 4.69) is 27.9 Å². The molecule has 0 saturated heterocycles. The maximum absolute atomic E-state index is 11.5. The number of aromatic nitrogens is 1. The van der Waals surface area contributed by atoms with Crippen LogP contribution in [0, 0.1) is 0 Å². The van der Waals surface area contributed by atoms with E-state index in [1.165, 1.54) is 0 Å². The first-order valence-corrected chi connectivity index (χ1v) is 6.95. The van der Waals surface area contributed by atoms with Crippen LogP contribution in [0.1, 0.15) is 19.8 Å². The Kier molecular flexibility index (Phi) is 8.14. The summed E-state index contributed by atoms with van der Waals surface area (Å²) in [7, 11) is 1.61. The molecule has 0 aliphatic carbocycles. The lowest BCUT2D eigenvalue weighted by Gasteiger charge is -2.09. The quantitative estimate of drug-likeness (QED) is 0.566. The highest BCUT2D eigenvalue weighted by Crippen LogP contribution is 2.11. The largest absolute Gasteiger partial charge is 0.384 e. The van der Waals surface area contributed by atoms with Crippen LogP contribution in [0.15, 0.2) is 18.3 Å². The molecule has 3 N–H and O–H groups in total. The van der Waals surface area contributed by atoms with Gasteiger partial charge in [0.05, 0.1) is 6.61 Å². The lowest BCUT2D eigenvalue weighted by molar-refractivity contribution is -0.121. The molecule has 0 bridgehead atoms. The fourth-order valence-corrected chi connectivity index (χ4v) is 1.59. The van der Waals surface area contributed by atoms with E-state index in [0.717, 1.165) is 24.5 Å². The minimum Gasteiger partial charge on any atom is -0.384 e. The average Bonchev–Trinajstić information content (AvgIpc) is 2.46. The van der Waals surface area contributed by atoms with Crippen molar-refractivity contribution in [3.05, 3.63) is 18.3 Å². The lowest BCUT2D eigenvalue weighted by Crippen LogP contribution is -2.28. The van der Waals surface area contributed by atoms with E-state index in [9.17, 15) is 4.79 Å². The second kappa shape index (κ2) is 10.0. The van der Waals surface area contributed by atoms with Gasteiger partial charge in [-0.2, -0.15) is 0 Å². The molecule has 0 unspecified atom stereocenters. The van der Waals surface area contributed by atoms with Crippen LogP contribution in [0.25, 0.3) is 0 Å². The molecule has 0 saturated carbocycles. The van der Waals surface area contributed by atoms with Crippen molar-refractivity contribution < 1.29 is 9.53 Å². The third kappa shape index (κ3) is 6.94. The van der Waals surface area contributed by atoms with Crippen molar-refractivity contribution in [2.75, 3.05) is 44.0 Å². The standard InChI is InChI=1S/C14H24N4O2/c1-3-6-16-13-11-12(4-7-17-13)15-8-5-14(19)18-9-10-20-2/h4,7,11H,3,5-6,8-10H2,1-2H3,(H,18,19)(H2,15,16,17). The smallest absolute Gasteiger partial charge is 0.221 e. The fraction of sp³-hybridized carbons (Fsp3) is 0.571. The van der Waals surface area contributed by atoms with Crippen LogP contribution in [0.5, 0.6) is 0 Å². The van der Waals surface area contributed by atoms with Gasteiger partial charge in [-0.3, -0.25) is 4.79 Å². The molecule has 20 heavy (non-hydrogen) atoms. The predicted molar refractivity (Wildman–Crippen MR) is 81.0 cm³/mol. The second-order valence-electron chi connectivity index (χ2n) is 4.38. The number of nitrogens with one attached hydrogen (secondary N) is 3. The van der Waals surface area contributed by atoms with Crippen molar-refractivity contribution in [3.63, 3.8) is 0 Å². The Labute approximate surface area is 120 Å². The number of ether oxygens (including phenoxy) is 1. The van der Waals surface area contributed by atoms with Crippen LogP contribution >= 0.6 is 0 Å². The second-order valence-corrected chi connectivity index (χ2v) is 4.38. The summed E-state index contributed by atoms with van der Waals surface area (Å²) < 4.78 is 4.87. The van der Waals surface area contributed by atoms with E-state index in [-0.39, 0.29) is 5.91 Å². The first kappa shape index (κ1) is 16.2. The number of carbonyl (C=O) groups is 1. The molecule has 0 aliphatic heterocycles. The zero-order chi connectivity index (χ0) is 14.6. The van der Waals surface area contributed by atoms with Crippen LogP contribution in [0.2, 0.25) is 0 Å². The summed E-state index contributed by atoms with van der Waals surface area (Å²) in [6, 6.07) is 3.83. The number of carbonyl (C=O) groups excluding carboxylic acids is 1. The normalized spacial score (nSPS) is 10.1. The van der Waals surface area contributed by atoms with Gasteiger partial charge in [-0.25, -0.2) is 4.98 Å². The van der Waals surface area contributed by atoms with E-state index >= 15 is 0 Å². The van der Waals surface area contributed by atoms with Gasteiger partial charge in [0.1, 0.15) is 5.82 Å². The molecule has 0 aromatic carbocycles. The van der Waals surface area contributed by atoms with Crippen LogP contribution < -0.4 is 16.0 Å². The van der Waals surface area contributed by atoms with Crippen molar-refractivity contribution in [2.45, 2.75) is 19.8 Å². The lowest BCUT2D eigenvalue weighted by atomic mass is 10.3. The van der Waals surface area contributed by atoms with E-state index in [1.54, 1.807) is 13.3 Å². The number of pyridine rings is 1. The van der Waals surface area contributed by atoms with Crippen molar-refractivity contribution in [3.8, 4) is 0 Å². The summed E-state index contributed by atoms with van der Waals surface area (Å²) in [5.41, 5.74) is 0.961. The number of anilines is 2. The van der Waals surface area contributed by atoms with Crippen LogP contribution in [-0.2, 0) is 9.53 Å². The SMILES string of the molecule is CCCNc1cc(NCCC(=O)NCCOC)ccn1. The monoisotopic (exact) mass is 280 g/mol. The van der Waals surface area contributed by atoms with Crippen LogP contribution in [-0.4, -0.2) is 44.2 Å². The highest BCUT2D eigenvalue weighted by atomic mass is 16.5. The van der Waals surface area contributed by atoms with Gasteiger partial charge in [-0.05, 0) is 12.5 Å². The molecule has 0 radical (unpaired) electrons. The molecular weight excluding hydrogens is 256 g/mol. The van der Waals surface area contributed by atoms with Gasteiger partial charge < -0.3 is 20.7 Å². The van der Waals surface area contributed by atoms with Gasteiger partial charge >= 0.3 is 0 Å². The van der Waals surface area contributed by atoms with E-state index in [1.807, 2.05) is 12.1 Å². The topological polar surface area (TPSA) is 75.3 Å². The van der Waals surface area contributed by atoms with Crippen molar-refractivity contribution in [1.29, 1.82) is 0 Å². The number of hydrogen-bond donors (Lipinski definition) is 3. The van der Waals surface area contributed by atoms with Crippen molar-refractivity contribution >= 4 is 17.4 Å². The molecule has 0 aliphatic rings. The molecule has 112 valence electrons. The Bertz CT molecular complexity index is 399. The minimum atomic E-state index is 0.0212. The third-order valence-electron chi connectivity index (χ3n) is 2.63. The Morgan fingerprint density at radius 3 is 2.90 bits per heavy atom. The molecular formula is C14H24N4O2. The molecule has 1 aromatic heterocycles. The average molecular weight is 280 g/mol. The minimum absolute atomic E-state index is 0.0212. The third-order valence-corrected chi connectivity index (χ3v) is 2.63. The number of methoxy groups -OCH3 is 1. The fourth-order valence-electron chi connectivity index (χ4n) is 1.59. The van der Waals surface area contributed by atoms with Gasteiger partial charge in [0.2, 0.25) is 5.91 Å². The molecule has 1 aromatic rings. The Balaban J connectivity index is 2.25. The Hall–Kier alpha value is -1.82. The Morgan fingerprint density at radius 2 is 2.15 bits per heavy atom. The maximum Gasteiger partial charge on any atom is 0.221 e. The van der Waals surface area contributed by atoms with Crippen molar-refractivity contribution in [2.24, 2.45) is 0 Å². The van der Waals surface area contributed by atoms with E-state index in [0.29, 0.717) is 26.1 Å². The number of amides is 1. The predicted octanol–water partition coefficient (Wildman–Crippen LogP) is 1.47. The zero-order valence-corrected chi connectivity index (χ0v) is 12.2. The summed E-state index contributed by atoms with van der Waals surface area (Å²) in [6.45, 7) is 4.69. The van der Waals surface area contributed by atoms with Gasteiger partial charge in [0.15, 0.2) is 0 Å². The number of hydrogen-bond acceptors (Lipinski definition) is 5. The Morgan fingerprint density at radius 1 is 1.30 bits per heavy atom.